The van der Waals surface area contributed by atoms with E-state index >= 15 is 0 Å². The van der Waals surface area contributed by atoms with Crippen LogP contribution in [0.3, 0.4) is 0 Å². The molecule has 0 aliphatic carbocycles. The van der Waals surface area contributed by atoms with Gasteiger partial charge in [0.15, 0.2) is 0 Å². The van der Waals surface area contributed by atoms with E-state index in [1.165, 1.54) is 5.56 Å². The first kappa shape index (κ1) is 16.0. The third-order valence-corrected chi connectivity index (χ3v) is 4.12. The smallest absolute Gasteiger partial charge is 0.244 e. The third kappa shape index (κ3) is 3.54. The molecule has 0 aliphatic heterocycles. The van der Waals surface area contributed by atoms with Crippen LogP contribution in [-0.2, 0) is 17.6 Å². The average molecular weight is 319 g/mol. The molecule has 1 heterocycles. The number of aryl methyl sites for hydroxylation is 2. The molecule has 4 heteroatoms. The fourth-order valence-electron chi connectivity index (χ4n) is 2.75. The molecule has 3 aromatic rings. The Kier molecular flexibility index (Phi) is 4.75. The minimum Gasteiger partial charge on any atom is -0.358 e. The summed E-state index contributed by atoms with van der Waals surface area (Å²) in [4.78, 5) is 15.3. The number of carbonyl (C=O) groups excluding carboxylic acids is 1. The van der Waals surface area contributed by atoms with Crippen molar-refractivity contribution in [1.82, 2.24) is 10.4 Å². The number of aromatic amines is 1. The zero-order valence-corrected chi connectivity index (χ0v) is 14.0. The first-order valence-corrected chi connectivity index (χ1v) is 8.14. The van der Waals surface area contributed by atoms with E-state index in [1.54, 1.807) is 6.21 Å². The largest absolute Gasteiger partial charge is 0.358 e. The van der Waals surface area contributed by atoms with Crippen LogP contribution >= 0.6 is 0 Å². The lowest BCUT2D eigenvalue weighted by Gasteiger charge is -2.02. The van der Waals surface area contributed by atoms with E-state index < -0.39 is 0 Å². The Morgan fingerprint density at radius 1 is 1.12 bits per heavy atom. The van der Waals surface area contributed by atoms with Gasteiger partial charge in [-0.15, -0.1) is 0 Å². The van der Waals surface area contributed by atoms with E-state index in [0.29, 0.717) is 6.42 Å². The normalized spacial score (nSPS) is 11.2. The number of fused-ring (bicyclic) bond motifs is 1. The van der Waals surface area contributed by atoms with Gasteiger partial charge in [-0.3, -0.25) is 4.79 Å². The molecule has 2 aromatic carbocycles. The van der Waals surface area contributed by atoms with E-state index in [-0.39, 0.29) is 5.91 Å². The van der Waals surface area contributed by atoms with Crippen molar-refractivity contribution in [1.29, 1.82) is 0 Å². The molecule has 122 valence electrons. The molecule has 4 nitrogen and oxygen atoms in total. The summed E-state index contributed by atoms with van der Waals surface area (Å²) in [5, 5.41) is 5.21. The Morgan fingerprint density at radius 2 is 1.83 bits per heavy atom. The van der Waals surface area contributed by atoms with E-state index in [0.717, 1.165) is 34.1 Å². The number of carbonyl (C=O) groups is 1. The standard InChI is InChI=1S/C20H21N3O/c1-3-15-8-10-16(11-9-15)12-20(24)23-21-13-18-14(2)22-19-7-5-4-6-17(18)19/h4-11,13,22H,3,12H2,1-2H3,(H,23,24)/b21-13-. The van der Waals surface area contributed by atoms with Crippen molar-refractivity contribution in [2.75, 3.05) is 0 Å². The number of amides is 1. The predicted molar refractivity (Wildman–Crippen MR) is 98.3 cm³/mol. The Bertz CT molecular complexity index is 876. The highest BCUT2D eigenvalue weighted by atomic mass is 16.2. The first-order chi connectivity index (χ1) is 11.7. The highest BCUT2D eigenvalue weighted by Crippen LogP contribution is 2.19. The molecular formula is C20H21N3O. The van der Waals surface area contributed by atoms with Crippen molar-refractivity contribution in [3.05, 3.63) is 70.9 Å². The van der Waals surface area contributed by atoms with Crippen LogP contribution in [0.2, 0.25) is 0 Å². The van der Waals surface area contributed by atoms with Gasteiger partial charge in [-0.05, 0) is 30.5 Å². The number of para-hydroxylation sites is 1. The summed E-state index contributed by atoms with van der Waals surface area (Å²) in [7, 11) is 0. The van der Waals surface area contributed by atoms with Crippen molar-refractivity contribution >= 4 is 23.0 Å². The highest BCUT2D eigenvalue weighted by Gasteiger charge is 2.06. The van der Waals surface area contributed by atoms with Gasteiger partial charge in [-0.2, -0.15) is 5.10 Å². The highest BCUT2D eigenvalue weighted by molar-refractivity contribution is 6.00. The molecule has 1 amide bonds. The van der Waals surface area contributed by atoms with Crippen LogP contribution in [0.1, 0.15) is 29.3 Å². The summed E-state index contributed by atoms with van der Waals surface area (Å²) in [5.41, 5.74) is 7.96. The molecule has 24 heavy (non-hydrogen) atoms. The lowest BCUT2D eigenvalue weighted by atomic mass is 10.1. The molecule has 0 saturated heterocycles. The summed E-state index contributed by atoms with van der Waals surface area (Å²) in [5.74, 6) is -0.118. The average Bonchev–Trinajstić information content (AvgIpc) is 2.91. The lowest BCUT2D eigenvalue weighted by Crippen LogP contribution is -2.19. The van der Waals surface area contributed by atoms with Gasteiger partial charge < -0.3 is 4.98 Å². The monoisotopic (exact) mass is 319 g/mol. The van der Waals surface area contributed by atoms with Gasteiger partial charge >= 0.3 is 0 Å². The molecule has 3 rings (SSSR count). The predicted octanol–water partition coefficient (Wildman–Crippen LogP) is 3.73. The number of nitrogens with one attached hydrogen (secondary N) is 2. The quantitative estimate of drug-likeness (QED) is 0.546. The zero-order valence-electron chi connectivity index (χ0n) is 14.0. The molecule has 0 atom stereocenters. The van der Waals surface area contributed by atoms with Gasteiger partial charge in [0, 0.05) is 22.2 Å². The summed E-state index contributed by atoms with van der Waals surface area (Å²) in [6.07, 6.45) is 3.03. The minimum atomic E-state index is -0.118. The summed E-state index contributed by atoms with van der Waals surface area (Å²) in [6.45, 7) is 4.11. The van der Waals surface area contributed by atoms with Gasteiger partial charge in [0.25, 0.3) is 0 Å². The van der Waals surface area contributed by atoms with Crippen LogP contribution in [0.25, 0.3) is 10.9 Å². The Labute approximate surface area is 141 Å². The topological polar surface area (TPSA) is 57.2 Å². The number of H-pyrrole nitrogens is 1. The number of hydrogen-bond donors (Lipinski definition) is 2. The molecular weight excluding hydrogens is 298 g/mol. The van der Waals surface area contributed by atoms with Crippen LogP contribution in [0.15, 0.2) is 53.6 Å². The number of hydrogen-bond acceptors (Lipinski definition) is 2. The Balaban J connectivity index is 1.64. The van der Waals surface area contributed by atoms with E-state index in [9.17, 15) is 4.79 Å². The third-order valence-electron chi connectivity index (χ3n) is 4.12. The van der Waals surface area contributed by atoms with Crippen molar-refractivity contribution in [2.24, 2.45) is 5.10 Å². The molecule has 0 saturated carbocycles. The number of aromatic nitrogens is 1. The Morgan fingerprint density at radius 3 is 2.58 bits per heavy atom. The van der Waals surface area contributed by atoms with Crippen LogP contribution in [0.4, 0.5) is 0 Å². The van der Waals surface area contributed by atoms with E-state index in [4.69, 9.17) is 0 Å². The maximum absolute atomic E-state index is 12.0. The van der Waals surface area contributed by atoms with Crippen LogP contribution in [0.5, 0.6) is 0 Å². The van der Waals surface area contributed by atoms with Crippen LogP contribution in [0, 0.1) is 6.92 Å². The zero-order chi connectivity index (χ0) is 16.9. The summed E-state index contributed by atoms with van der Waals surface area (Å²) >= 11 is 0. The van der Waals surface area contributed by atoms with Crippen molar-refractivity contribution in [3.8, 4) is 0 Å². The maximum atomic E-state index is 12.0. The SMILES string of the molecule is CCc1ccc(CC(=O)N/N=C\c2c(C)[nH]c3ccccc23)cc1. The van der Waals surface area contributed by atoms with Gasteiger partial charge in [-0.25, -0.2) is 5.43 Å². The fraction of sp³-hybridized carbons (Fsp3) is 0.200. The number of benzene rings is 2. The molecule has 0 fully saturated rings. The maximum Gasteiger partial charge on any atom is 0.244 e. The fourth-order valence-corrected chi connectivity index (χ4v) is 2.75. The second kappa shape index (κ2) is 7.13. The molecule has 0 bridgehead atoms. The molecule has 0 unspecified atom stereocenters. The second-order valence-electron chi connectivity index (χ2n) is 5.85. The second-order valence-corrected chi connectivity index (χ2v) is 5.85. The summed E-state index contributed by atoms with van der Waals surface area (Å²) < 4.78 is 0. The number of nitrogens with zero attached hydrogens (tertiary/aromatic N) is 1. The molecule has 0 spiro atoms. The lowest BCUT2D eigenvalue weighted by molar-refractivity contribution is -0.120. The summed E-state index contributed by atoms with van der Waals surface area (Å²) in [6, 6.07) is 16.1. The minimum absolute atomic E-state index is 0.118. The van der Waals surface area contributed by atoms with Gasteiger partial charge in [-0.1, -0.05) is 49.4 Å². The van der Waals surface area contributed by atoms with Crippen molar-refractivity contribution in [2.45, 2.75) is 26.7 Å². The van der Waals surface area contributed by atoms with Crippen LogP contribution < -0.4 is 5.43 Å². The number of rotatable bonds is 5. The van der Waals surface area contributed by atoms with Crippen molar-refractivity contribution < 1.29 is 4.79 Å². The molecule has 0 aliphatic rings. The van der Waals surface area contributed by atoms with E-state index in [2.05, 4.69) is 34.6 Å². The van der Waals surface area contributed by atoms with Gasteiger partial charge in [0.2, 0.25) is 5.91 Å². The molecule has 1 aromatic heterocycles. The number of hydrazone groups is 1. The first-order valence-electron chi connectivity index (χ1n) is 8.14. The van der Waals surface area contributed by atoms with Gasteiger partial charge in [0.1, 0.15) is 0 Å². The van der Waals surface area contributed by atoms with Gasteiger partial charge in [0.05, 0.1) is 12.6 Å². The Hall–Kier alpha value is -2.88. The van der Waals surface area contributed by atoms with E-state index in [1.807, 2.05) is 43.3 Å². The van der Waals surface area contributed by atoms with Crippen molar-refractivity contribution in [3.63, 3.8) is 0 Å². The van der Waals surface area contributed by atoms with Crippen LogP contribution in [-0.4, -0.2) is 17.1 Å². The molecule has 2 N–H and O–H groups in total. The molecule has 0 radical (unpaired) electrons.